The Morgan fingerprint density at radius 2 is 2.25 bits per heavy atom. The Morgan fingerprint density at radius 3 is 3.00 bits per heavy atom. The molecule has 1 aliphatic heterocycles. The number of hydrogen-bond donors (Lipinski definition) is 2. The summed E-state index contributed by atoms with van der Waals surface area (Å²) in [7, 11) is 0. The highest BCUT2D eigenvalue weighted by Gasteiger charge is 2.18. The van der Waals surface area contributed by atoms with Gasteiger partial charge in [0.1, 0.15) is 0 Å². The zero-order chi connectivity index (χ0) is 8.55. The molecular formula is C9H12N2S. The number of nitrogens with two attached hydrogens (primary N) is 2. The van der Waals surface area contributed by atoms with E-state index >= 15 is 0 Å². The number of fused-ring (bicyclic) bond motifs is 1. The average molecular weight is 180 g/mol. The van der Waals surface area contributed by atoms with Gasteiger partial charge < -0.3 is 11.5 Å². The molecule has 1 unspecified atom stereocenters. The maximum atomic E-state index is 5.95. The fourth-order valence-corrected chi connectivity index (χ4v) is 2.72. The van der Waals surface area contributed by atoms with Gasteiger partial charge in [0, 0.05) is 22.2 Å². The molecule has 0 aromatic heterocycles. The predicted octanol–water partition coefficient (Wildman–Crippen LogP) is 1.76. The largest absolute Gasteiger partial charge is 0.398 e. The SMILES string of the molecule is Nc1cccc2c1C(N)CCS2. The molecule has 0 amide bonds. The van der Waals surface area contributed by atoms with Crippen molar-refractivity contribution < 1.29 is 0 Å². The molecule has 0 saturated heterocycles. The van der Waals surface area contributed by atoms with E-state index in [1.54, 1.807) is 0 Å². The molecule has 0 aliphatic carbocycles. The van der Waals surface area contributed by atoms with Crippen LogP contribution in [0.4, 0.5) is 5.69 Å². The van der Waals surface area contributed by atoms with Gasteiger partial charge in [-0.15, -0.1) is 11.8 Å². The summed E-state index contributed by atoms with van der Waals surface area (Å²) in [5.74, 6) is 1.11. The van der Waals surface area contributed by atoms with E-state index in [0.29, 0.717) is 0 Å². The van der Waals surface area contributed by atoms with Gasteiger partial charge >= 0.3 is 0 Å². The van der Waals surface area contributed by atoms with Crippen LogP contribution in [0.15, 0.2) is 23.1 Å². The van der Waals surface area contributed by atoms with Crippen LogP contribution in [0.3, 0.4) is 0 Å². The molecule has 1 aliphatic rings. The molecule has 0 fully saturated rings. The lowest BCUT2D eigenvalue weighted by Gasteiger charge is -2.22. The summed E-state index contributed by atoms with van der Waals surface area (Å²) in [4.78, 5) is 1.26. The number of hydrogen-bond acceptors (Lipinski definition) is 3. The van der Waals surface area contributed by atoms with Crippen molar-refractivity contribution in [3.8, 4) is 0 Å². The molecule has 1 heterocycles. The minimum Gasteiger partial charge on any atom is -0.398 e. The fraction of sp³-hybridized carbons (Fsp3) is 0.333. The molecule has 0 saturated carbocycles. The fourth-order valence-electron chi connectivity index (χ4n) is 1.52. The topological polar surface area (TPSA) is 52.0 Å². The van der Waals surface area contributed by atoms with Crippen LogP contribution < -0.4 is 11.5 Å². The zero-order valence-electron chi connectivity index (χ0n) is 6.79. The highest BCUT2D eigenvalue weighted by Crippen LogP contribution is 2.37. The highest BCUT2D eigenvalue weighted by atomic mass is 32.2. The monoisotopic (exact) mass is 180 g/mol. The van der Waals surface area contributed by atoms with Gasteiger partial charge in [-0.1, -0.05) is 6.07 Å². The first-order valence-corrected chi connectivity index (χ1v) is 5.04. The Labute approximate surface area is 76.3 Å². The predicted molar refractivity (Wildman–Crippen MR) is 53.1 cm³/mol. The Hall–Kier alpha value is -0.670. The Morgan fingerprint density at radius 1 is 1.42 bits per heavy atom. The molecule has 1 aromatic carbocycles. The maximum Gasteiger partial charge on any atom is 0.0373 e. The molecule has 1 atom stereocenters. The second-order valence-electron chi connectivity index (χ2n) is 3.00. The van der Waals surface area contributed by atoms with E-state index in [1.807, 2.05) is 23.9 Å². The summed E-state index contributed by atoms with van der Waals surface area (Å²) in [6.45, 7) is 0. The first-order chi connectivity index (χ1) is 5.79. The molecule has 1 aromatic rings. The van der Waals surface area contributed by atoms with Crippen LogP contribution in [0.25, 0.3) is 0 Å². The smallest absolute Gasteiger partial charge is 0.0373 e. The molecule has 12 heavy (non-hydrogen) atoms. The van der Waals surface area contributed by atoms with Gasteiger partial charge in [0.2, 0.25) is 0 Å². The molecular weight excluding hydrogens is 168 g/mol. The van der Waals surface area contributed by atoms with Crippen LogP contribution in [0.1, 0.15) is 18.0 Å². The molecule has 0 radical (unpaired) electrons. The highest BCUT2D eigenvalue weighted by molar-refractivity contribution is 7.99. The standard InChI is InChI=1S/C9H12N2S/c10-6-2-1-3-8-9(6)7(11)4-5-12-8/h1-3,7H,4-5,10-11H2. The number of anilines is 1. The maximum absolute atomic E-state index is 5.95. The minimum atomic E-state index is 0.141. The van der Waals surface area contributed by atoms with Crippen molar-refractivity contribution >= 4 is 17.4 Å². The van der Waals surface area contributed by atoms with E-state index in [1.165, 1.54) is 4.90 Å². The summed E-state index contributed by atoms with van der Waals surface area (Å²) in [5.41, 5.74) is 13.8. The van der Waals surface area contributed by atoms with Crippen LogP contribution in [0.2, 0.25) is 0 Å². The summed E-state index contributed by atoms with van der Waals surface area (Å²) in [6, 6.07) is 6.14. The van der Waals surface area contributed by atoms with Crippen LogP contribution in [0, 0.1) is 0 Å². The van der Waals surface area contributed by atoms with Gasteiger partial charge in [-0.2, -0.15) is 0 Å². The molecule has 64 valence electrons. The molecule has 0 spiro atoms. The molecule has 2 nitrogen and oxygen atoms in total. The van der Waals surface area contributed by atoms with E-state index in [4.69, 9.17) is 11.5 Å². The lowest BCUT2D eigenvalue weighted by atomic mass is 10.0. The van der Waals surface area contributed by atoms with Crippen molar-refractivity contribution in [2.75, 3.05) is 11.5 Å². The first kappa shape index (κ1) is 7.95. The van der Waals surface area contributed by atoms with Crippen LogP contribution >= 0.6 is 11.8 Å². The lowest BCUT2D eigenvalue weighted by Crippen LogP contribution is -2.17. The summed E-state index contributed by atoms with van der Waals surface area (Å²) >= 11 is 1.85. The van der Waals surface area contributed by atoms with Gasteiger partial charge in [0.05, 0.1) is 0 Å². The number of thioether (sulfide) groups is 1. The van der Waals surface area contributed by atoms with Crippen LogP contribution in [0.5, 0.6) is 0 Å². The van der Waals surface area contributed by atoms with E-state index in [-0.39, 0.29) is 6.04 Å². The number of nitrogen functional groups attached to an aromatic ring is 1. The Balaban J connectivity index is 2.53. The van der Waals surface area contributed by atoms with Crippen molar-refractivity contribution in [3.63, 3.8) is 0 Å². The average Bonchev–Trinajstić information content (AvgIpc) is 2.04. The molecule has 0 bridgehead atoms. The van der Waals surface area contributed by atoms with E-state index in [9.17, 15) is 0 Å². The third-order valence-electron chi connectivity index (χ3n) is 2.16. The Bertz CT molecular complexity index is 299. The van der Waals surface area contributed by atoms with E-state index < -0.39 is 0 Å². The van der Waals surface area contributed by atoms with Gasteiger partial charge in [-0.25, -0.2) is 0 Å². The second-order valence-corrected chi connectivity index (χ2v) is 4.14. The van der Waals surface area contributed by atoms with Gasteiger partial charge in [0.15, 0.2) is 0 Å². The summed E-state index contributed by atoms with van der Waals surface area (Å²) in [5, 5.41) is 0. The first-order valence-electron chi connectivity index (χ1n) is 4.06. The molecule has 3 heteroatoms. The summed E-state index contributed by atoms with van der Waals surface area (Å²) in [6.07, 6.45) is 1.03. The molecule has 4 N–H and O–H groups in total. The normalized spacial score (nSPS) is 21.9. The lowest BCUT2D eigenvalue weighted by molar-refractivity contribution is 0.683. The molecule has 2 rings (SSSR count). The van der Waals surface area contributed by atoms with Gasteiger partial charge in [0.25, 0.3) is 0 Å². The van der Waals surface area contributed by atoms with Crippen molar-refractivity contribution in [1.82, 2.24) is 0 Å². The minimum absolute atomic E-state index is 0.141. The number of benzene rings is 1. The van der Waals surface area contributed by atoms with Crippen molar-refractivity contribution in [3.05, 3.63) is 23.8 Å². The third-order valence-corrected chi connectivity index (χ3v) is 3.26. The summed E-state index contributed by atoms with van der Waals surface area (Å²) < 4.78 is 0. The van der Waals surface area contributed by atoms with Crippen molar-refractivity contribution in [2.45, 2.75) is 17.4 Å². The van der Waals surface area contributed by atoms with Gasteiger partial charge in [-0.3, -0.25) is 0 Å². The Kier molecular flexibility index (Phi) is 1.98. The quantitative estimate of drug-likeness (QED) is 0.598. The third kappa shape index (κ3) is 1.19. The van der Waals surface area contributed by atoms with Crippen LogP contribution in [-0.2, 0) is 0 Å². The van der Waals surface area contributed by atoms with Gasteiger partial charge in [-0.05, 0) is 24.3 Å². The second kappa shape index (κ2) is 2.99. The van der Waals surface area contributed by atoms with Crippen molar-refractivity contribution in [2.24, 2.45) is 5.73 Å². The van der Waals surface area contributed by atoms with E-state index in [0.717, 1.165) is 23.4 Å². The zero-order valence-corrected chi connectivity index (χ0v) is 7.60. The number of rotatable bonds is 0. The van der Waals surface area contributed by atoms with Crippen molar-refractivity contribution in [1.29, 1.82) is 0 Å². The van der Waals surface area contributed by atoms with Crippen LogP contribution in [-0.4, -0.2) is 5.75 Å². The van der Waals surface area contributed by atoms with E-state index in [2.05, 4.69) is 6.07 Å².